The van der Waals surface area contributed by atoms with Gasteiger partial charge in [0.05, 0.1) is 0 Å². The fourth-order valence-electron chi connectivity index (χ4n) is 0. The van der Waals surface area contributed by atoms with Crippen molar-refractivity contribution in [3.8, 4) is 0 Å². The molecule has 0 aliphatic heterocycles. The van der Waals surface area contributed by atoms with Crippen LogP contribution in [0.5, 0.6) is 0 Å². The molecule has 8 heavy (non-hydrogen) atoms. The molecule has 0 aliphatic carbocycles. The SMILES string of the molecule is NC(=O)O.OC(=S)S. The van der Waals surface area contributed by atoms with E-state index in [-0.39, 0.29) is 4.38 Å². The Morgan fingerprint density at radius 3 is 1.62 bits per heavy atom. The summed E-state index contributed by atoms with van der Waals surface area (Å²) >= 11 is 7.21. The maximum Gasteiger partial charge on any atom is 0.402 e. The smallest absolute Gasteiger partial charge is 0.402 e. The van der Waals surface area contributed by atoms with E-state index in [0.717, 1.165) is 0 Å². The second-order valence-electron chi connectivity index (χ2n) is 0.621. The first-order chi connectivity index (χ1) is 3.46. The van der Waals surface area contributed by atoms with Crippen molar-refractivity contribution >= 4 is 35.3 Å². The second-order valence-corrected chi connectivity index (χ2v) is 1.73. The first-order valence-corrected chi connectivity index (χ1v) is 2.22. The van der Waals surface area contributed by atoms with Crippen molar-refractivity contribution in [1.29, 1.82) is 0 Å². The molecule has 0 aromatic rings. The second kappa shape index (κ2) is 6.51. The number of aliphatic hydroxyl groups excluding tert-OH is 1. The molecular weight excluding hydrogens is 150 g/mol. The Balaban J connectivity index is 0. The highest BCUT2D eigenvalue weighted by molar-refractivity contribution is 8.10. The van der Waals surface area contributed by atoms with Crippen LogP contribution in [-0.2, 0) is 0 Å². The largest absolute Gasteiger partial charge is 0.494 e. The van der Waals surface area contributed by atoms with Crippen molar-refractivity contribution in [2.75, 3.05) is 0 Å². The van der Waals surface area contributed by atoms with Crippen molar-refractivity contribution in [2.24, 2.45) is 5.73 Å². The lowest BCUT2D eigenvalue weighted by Crippen LogP contribution is -2.03. The van der Waals surface area contributed by atoms with E-state index >= 15 is 0 Å². The Morgan fingerprint density at radius 2 is 1.62 bits per heavy atom. The third-order valence-electron chi connectivity index (χ3n) is 0. The van der Waals surface area contributed by atoms with E-state index in [1.807, 2.05) is 0 Å². The fraction of sp³-hybridized carbons (Fsp3) is 0. The molecule has 4 N–H and O–H groups in total. The number of hydrogen-bond acceptors (Lipinski definition) is 2. The summed E-state index contributed by atoms with van der Waals surface area (Å²) in [6.45, 7) is 0. The van der Waals surface area contributed by atoms with E-state index < -0.39 is 6.09 Å². The average Bonchev–Trinajstić information content (AvgIpc) is 1.25. The molecule has 6 heteroatoms. The van der Waals surface area contributed by atoms with Crippen LogP contribution in [0.3, 0.4) is 0 Å². The first-order valence-electron chi connectivity index (χ1n) is 1.37. The maximum atomic E-state index is 8.78. The summed E-state index contributed by atoms with van der Waals surface area (Å²) in [7, 11) is 0. The molecule has 0 spiro atoms. The summed E-state index contributed by atoms with van der Waals surface area (Å²) in [5.41, 5.74) is 4.03. The zero-order valence-corrected chi connectivity index (χ0v) is 5.45. The lowest BCUT2D eigenvalue weighted by Gasteiger charge is -1.63. The van der Waals surface area contributed by atoms with Crippen LogP contribution in [0.1, 0.15) is 0 Å². The van der Waals surface area contributed by atoms with Gasteiger partial charge in [-0.05, 0) is 12.2 Å². The monoisotopic (exact) mass is 155 g/mol. The molecule has 0 bridgehead atoms. The highest BCUT2D eigenvalue weighted by Gasteiger charge is 1.65. The minimum atomic E-state index is -1.33. The van der Waals surface area contributed by atoms with Gasteiger partial charge in [0.1, 0.15) is 0 Å². The van der Waals surface area contributed by atoms with Crippen molar-refractivity contribution < 1.29 is 15.0 Å². The zero-order chi connectivity index (χ0) is 7.15. The van der Waals surface area contributed by atoms with Gasteiger partial charge in [-0.3, -0.25) is 0 Å². The highest BCUT2D eigenvalue weighted by Crippen LogP contribution is 1.68. The standard InChI is InChI=1S/CH3NO2.CH2OS2/c2*2-1(3)4/h2H2,(H,3,4);(H2,2,3,4). The number of thiocarbonyl (C=S) groups is 1. The van der Waals surface area contributed by atoms with Crippen LogP contribution in [0.25, 0.3) is 0 Å². The number of thiol groups is 1. The molecule has 0 rings (SSSR count). The van der Waals surface area contributed by atoms with Gasteiger partial charge in [-0.25, -0.2) is 4.79 Å². The quantitative estimate of drug-likeness (QED) is 0.301. The molecule has 0 aromatic heterocycles. The Kier molecular flexibility index (Phi) is 8.53. The number of carbonyl (C=O) groups is 1. The molecule has 0 radical (unpaired) electrons. The lowest BCUT2D eigenvalue weighted by atomic mass is 11.3. The Labute approximate surface area is 56.7 Å². The summed E-state index contributed by atoms with van der Waals surface area (Å²) in [4.78, 5) is 8.78. The summed E-state index contributed by atoms with van der Waals surface area (Å²) in [6, 6.07) is 0. The van der Waals surface area contributed by atoms with Crippen LogP contribution in [0.15, 0.2) is 0 Å². The Bertz CT molecular complexity index is 73.3. The van der Waals surface area contributed by atoms with Crippen molar-refractivity contribution in [3.05, 3.63) is 0 Å². The topological polar surface area (TPSA) is 83.6 Å². The number of carboxylic acid groups (broad SMARTS) is 1. The molecule has 0 aromatic carbocycles. The van der Waals surface area contributed by atoms with Gasteiger partial charge in [0, 0.05) is 0 Å². The van der Waals surface area contributed by atoms with Crippen LogP contribution < -0.4 is 5.73 Å². The van der Waals surface area contributed by atoms with Crippen molar-refractivity contribution in [2.45, 2.75) is 0 Å². The fourth-order valence-corrected chi connectivity index (χ4v) is 0. The number of aliphatic hydroxyl groups is 1. The van der Waals surface area contributed by atoms with Crippen LogP contribution in [0, 0.1) is 0 Å². The Hall–Kier alpha value is -0.490. The summed E-state index contributed by atoms with van der Waals surface area (Å²) in [5, 5.41) is 14.8. The van der Waals surface area contributed by atoms with Crippen LogP contribution in [0.2, 0.25) is 0 Å². The van der Waals surface area contributed by atoms with Gasteiger partial charge in [0.25, 0.3) is 0 Å². The number of nitrogens with two attached hydrogens (primary N) is 1. The third-order valence-corrected chi connectivity index (χ3v) is 0. The first kappa shape index (κ1) is 10.5. The minimum Gasteiger partial charge on any atom is -0.494 e. The van der Waals surface area contributed by atoms with Crippen LogP contribution in [0.4, 0.5) is 4.79 Å². The third kappa shape index (κ3) is 467. The van der Waals surface area contributed by atoms with Crippen molar-refractivity contribution in [3.63, 3.8) is 0 Å². The van der Waals surface area contributed by atoms with E-state index in [1.165, 1.54) is 0 Å². The molecule has 0 heterocycles. The molecule has 0 saturated carbocycles. The molecule has 0 atom stereocenters. The molecule has 0 aliphatic rings. The normalized spacial score (nSPS) is 6.12. The summed E-state index contributed by atoms with van der Waals surface area (Å²) in [6.07, 6.45) is -1.33. The zero-order valence-electron chi connectivity index (χ0n) is 3.74. The van der Waals surface area contributed by atoms with Gasteiger partial charge >= 0.3 is 6.09 Å². The van der Waals surface area contributed by atoms with Gasteiger partial charge in [-0.1, -0.05) is 12.6 Å². The van der Waals surface area contributed by atoms with Gasteiger partial charge in [-0.2, -0.15) is 0 Å². The van der Waals surface area contributed by atoms with Gasteiger partial charge in [0.2, 0.25) is 4.38 Å². The van der Waals surface area contributed by atoms with E-state index in [2.05, 4.69) is 30.6 Å². The molecule has 1 amide bonds. The van der Waals surface area contributed by atoms with Gasteiger partial charge in [-0.15, -0.1) is 0 Å². The molecule has 0 fully saturated rings. The van der Waals surface area contributed by atoms with E-state index in [4.69, 9.17) is 15.0 Å². The molecule has 4 nitrogen and oxygen atoms in total. The van der Waals surface area contributed by atoms with E-state index in [9.17, 15) is 0 Å². The number of amides is 1. The number of hydrogen-bond donors (Lipinski definition) is 4. The van der Waals surface area contributed by atoms with E-state index in [1.54, 1.807) is 0 Å². The van der Waals surface area contributed by atoms with Crippen molar-refractivity contribution in [1.82, 2.24) is 0 Å². The molecule has 0 saturated heterocycles. The molecule has 48 valence electrons. The van der Waals surface area contributed by atoms with Gasteiger partial charge < -0.3 is 15.9 Å². The summed E-state index contributed by atoms with van der Waals surface area (Å²) < 4.78 is -0.306. The minimum absolute atomic E-state index is 0.306. The predicted molar refractivity (Wildman–Crippen MR) is 36.4 cm³/mol. The van der Waals surface area contributed by atoms with Crippen LogP contribution in [-0.4, -0.2) is 20.7 Å². The predicted octanol–water partition coefficient (Wildman–Crippen LogP) is 0.382. The summed E-state index contributed by atoms with van der Waals surface area (Å²) in [5.74, 6) is 0. The van der Waals surface area contributed by atoms with E-state index in [0.29, 0.717) is 0 Å². The maximum absolute atomic E-state index is 8.78. The molecular formula is C2H5NO3S2. The average molecular weight is 155 g/mol. The molecule has 0 unspecified atom stereocenters. The highest BCUT2D eigenvalue weighted by atomic mass is 32.1. The Morgan fingerprint density at radius 1 is 1.62 bits per heavy atom. The lowest BCUT2D eigenvalue weighted by molar-refractivity contribution is 0.205. The van der Waals surface area contributed by atoms with Gasteiger partial charge in [0.15, 0.2) is 0 Å². The number of primary amides is 1. The number of rotatable bonds is 0. The van der Waals surface area contributed by atoms with Crippen LogP contribution >= 0.6 is 24.8 Å².